The molecular formula is C24H32N4O4. The lowest BCUT2D eigenvalue weighted by molar-refractivity contribution is -0.178. The van der Waals surface area contributed by atoms with Gasteiger partial charge in [-0.15, -0.1) is 0 Å². The number of hydrogen-bond acceptors (Lipinski definition) is 5. The van der Waals surface area contributed by atoms with Crippen molar-refractivity contribution >= 4 is 34.2 Å². The average Bonchev–Trinajstić information content (AvgIpc) is 3.22. The molecule has 4 atom stereocenters. The molecule has 2 fully saturated rings. The number of benzene rings is 2. The zero-order valence-electron chi connectivity index (χ0n) is 19.1. The van der Waals surface area contributed by atoms with Crippen molar-refractivity contribution in [3.63, 3.8) is 0 Å². The van der Waals surface area contributed by atoms with Crippen LogP contribution in [0.2, 0.25) is 0 Å². The van der Waals surface area contributed by atoms with Gasteiger partial charge in [0.25, 0.3) is 5.91 Å². The number of anilines is 1. The Morgan fingerprint density at radius 1 is 1.09 bits per heavy atom. The normalized spacial score (nSPS) is 24.4. The molecule has 0 aromatic heterocycles. The highest BCUT2D eigenvalue weighted by atomic mass is 16.5. The number of hydrogen-bond donors (Lipinski definition) is 3. The maximum atomic E-state index is 13.2. The number of nitrogens with one attached hydrogen (secondary N) is 3. The Hall–Kier alpha value is -2.97. The number of likely N-dealkylation sites (N-methyl/N-ethyl adjacent to an activating group) is 1. The standard InChI is InChI=1S/C22H26N4O4.C2H6/c1-13-20(25-18(27)12-23-2)22(29)26-17(10-11-19(26)30-13)21(28)24-16-9-5-7-14-6-3-4-8-15(14)16;1-2/h3-9,13,17,19-20,23H,10-12H2,1-2H3,(H,24,28)(H,25,27);1-2H3/t13-,17?,19?,20+;/m1./s1. The van der Waals surface area contributed by atoms with E-state index in [1.807, 2.05) is 56.3 Å². The van der Waals surface area contributed by atoms with Crippen LogP contribution in [0.1, 0.15) is 33.6 Å². The molecule has 172 valence electrons. The van der Waals surface area contributed by atoms with Gasteiger partial charge in [0.1, 0.15) is 18.3 Å². The first kappa shape index (κ1) is 23.7. The molecular weight excluding hydrogens is 408 g/mol. The summed E-state index contributed by atoms with van der Waals surface area (Å²) in [5.41, 5.74) is 0.708. The van der Waals surface area contributed by atoms with E-state index >= 15 is 0 Å². The van der Waals surface area contributed by atoms with Gasteiger partial charge in [-0.05, 0) is 38.3 Å². The summed E-state index contributed by atoms with van der Waals surface area (Å²) in [6, 6.07) is 12.1. The van der Waals surface area contributed by atoms with Gasteiger partial charge in [-0.2, -0.15) is 0 Å². The number of nitrogens with zero attached hydrogens (tertiary/aromatic N) is 1. The van der Waals surface area contributed by atoms with Crippen molar-refractivity contribution in [3.05, 3.63) is 42.5 Å². The molecule has 32 heavy (non-hydrogen) atoms. The number of carbonyl (C=O) groups excluding carboxylic acids is 3. The predicted molar refractivity (Wildman–Crippen MR) is 124 cm³/mol. The summed E-state index contributed by atoms with van der Waals surface area (Å²) in [7, 11) is 1.66. The van der Waals surface area contributed by atoms with E-state index in [-0.39, 0.29) is 24.3 Å². The summed E-state index contributed by atoms with van der Waals surface area (Å²) < 4.78 is 5.96. The highest BCUT2D eigenvalue weighted by Crippen LogP contribution is 2.33. The van der Waals surface area contributed by atoms with Crippen LogP contribution in [0.4, 0.5) is 5.69 Å². The lowest BCUT2D eigenvalue weighted by Gasteiger charge is -2.41. The molecule has 4 rings (SSSR count). The van der Waals surface area contributed by atoms with Gasteiger partial charge in [-0.1, -0.05) is 50.2 Å². The predicted octanol–water partition coefficient (Wildman–Crippen LogP) is 2.24. The third-order valence-corrected chi connectivity index (χ3v) is 5.70. The van der Waals surface area contributed by atoms with Crippen molar-refractivity contribution < 1.29 is 19.1 Å². The molecule has 0 spiro atoms. The van der Waals surface area contributed by atoms with E-state index in [2.05, 4.69) is 16.0 Å². The molecule has 0 radical (unpaired) electrons. The van der Waals surface area contributed by atoms with Crippen molar-refractivity contribution in [1.29, 1.82) is 0 Å². The molecule has 2 heterocycles. The van der Waals surface area contributed by atoms with E-state index in [1.165, 1.54) is 4.90 Å². The smallest absolute Gasteiger partial charge is 0.250 e. The minimum Gasteiger partial charge on any atom is -0.353 e. The first-order chi connectivity index (χ1) is 15.5. The maximum Gasteiger partial charge on any atom is 0.250 e. The van der Waals surface area contributed by atoms with Gasteiger partial charge >= 0.3 is 0 Å². The quantitative estimate of drug-likeness (QED) is 0.662. The number of amides is 3. The van der Waals surface area contributed by atoms with Crippen LogP contribution in [-0.4, -0.2) is 60.6 Å². The minimum absolute atomic E-state index is 0.102. The molecule has 3 N–H and O–H groups in total. The molecule has 2 aliphatic rings. The van der Waals surface area contributed by atoms with Gasteiger partial charge in [-0.25, -0.2) is 0 Å². The van der Waals surface area contributed by atoms with Gasteiger partial charge < -0.3 is 25.6 Å². The summed E-state index contributed by atoms with van der Waals surface area (Å²) in [6.07, 6.45) is 0.185. The molecule has 3 amide bonds. The first-order valence-electron chi connectivity index (χ1n) is 11.2. The SMILES string of the molecule is CC.CNCC(=O)N[C@@H]1C(=O)N2C(CCC2C(=O)Nc2cccc3ccccc23)O[C@@H]1C. The Morgan fingerprint density at radius 3 is 2.56 bits per heavy atom. The zero-order chi connectivity index (χ0) is 23.3. The number of carbonyl (C=O) groups is 3. The third-order valence-electron chi connectivity index (χ3n) is 5.70. The Bertz CT molecular complexity index is 974. The van der Waals surface area contributed by atoms with Gasteiger partial charge in [0.15, 0.2) is 0 Å². The van der Waals surface area contributed by atoms with Crippen LogP contribution in [0, 0.1) is 0 Å². The monoisotopic (exact) mass is 440 g/mol. The Kier molecular flexibility index (Phi) is 7.82. The van der Waals surface area contributed by atoms with E-state index < -0.39 is 24.4 Å². The second-order valence-corrected chi connectivity index (χ2v) is 7.73. The molecule has 0 saturated carbocycles. The second-order valence-electron chi connectivity index (χ2n) is 7.73. The molecule has 2 unspecified atom stereocenters. The molecule has 2 aliphatic heterocycles. The fraction of sp³-hybridized carbons (Fsp3) is 0.458. The maximum absolute atomic E-state index is 13.2. The van der Waals surface area contributed by atoms with Crippen molar-refractivity contribution in [2.45, 2.75) is 58.0 Å². The van der Waals surface area contributed by atoms with Crippen LogP contribution >= 0.6 is 0 Å². The summed E-state index contributed by atoms with van der Waals surface area (Å²) in [5.74, 6) is -0.819. The van der Waals surface area contributed by atoms with E-state index in [1.54, 1.807) is 14.0 Å². The fourth-order valence-electron chi connectivity index (χ4n) is 4.27. The molecule has 2 aromatic rings. The fourth-order valence-corrected chi connectivity index (χ4v) is 4.27. The highest BCUT2D eigenvalue weighted by molar-refractivity contribution is 6.05. The van der Waals surface area contributed by atoms with Crippen molar-refractivity contribution in [2.24, 2.45) is 0 Å². The van der Waals surface area contributed by atoms with Gasteiger partial charge in [0.05, 0.1) is 12.6 Å². The topological polar surface area (TPSA) is 99.8 Å². The molecule has 2 saturated heterocycles. The van der Waals surface area contributed by atoms with Crippen LogP contribution in [0.3, 0.4) is 0 Å². The Balaban J connectivity index is 0.00000141. The molecule has 0 bridgehead atoms. The van der Waals surface area contributed by atoms with Crippen LogP contribution in [0.15, 0.2) is 42.5 Å². The number of rotatable bonds is 5. The average molecular weight is 441 g/mol. The van der Waals surface area contributed by atoms with Crippen LogP contribution in [0.5, 0.6) is 0 Å². The second kappa shape index (κ2) is 10.6. The zero-order valence-corrected chi connectivity index (χ0v) is 19.1. The van der Waals surface area contributed by atoms with E-state index in [9.17, 15) is 14.4 Å². The van der Waals surface area contributed by atoms with E-state index in [0.717, 1.165) is 10.8 Å². The summed E-state index contributed by atoms with van der Waals surface area (Å²) in [6.45, 7) is 5.87. The molecule has 8 nitrogen and oxygen atoms in total. The largest absolute Gasteiger partial charge is 0.353 e. The van der Waals surface area contributed by atoms with E-state index in [0.29, 0.717) is 18.5 Å². The van der Waals surface area contributed by atoms with Crippen molar-refractivity contribution in [2.75, 3.05) is 18.9 Å². The molecule has 2 aromatic carbocycles. The lowest BCUT2D eigenvalue weighted by Crippen LogP contribution is -2.64. The first-order valence-corrected chi connectivity index (χ1v) is 11.2. The highest BCUT2D eigenvalue weighted by Gasteiger charge is 2.49. The summed E-state index contributed by atoms with van der Waals surface area (Å²) in [5, 5.41) is 10.4. The lowest BCUT2D eigenvalue weighted by atomic mass is 10.1. The summed E-state index contributed by atoms with van der Waals surface area (Å²) >= 11 is 0. The van der Waals surface area contributed by atoms with Crippen LogP contribution in [0.25, 0.3) is 10.8 Å². The van der Waals surface area contributed by atoms with Gasteiger partial charge in [0.2, 0.25) is 11.8 Å². The Morgan fingerprint density at radius 2 is 1.81 bits per heavy atom. The van der Waals surface area contributed by atoms with Crippen molar-refractivity contribution in [1.82, 2.24) is 15.5 Å². The van der Waals surface area contributed by atoms with Gasteiger partial charge in [-0.3, -0.25) is 14.4 Å². The molecule has 8 heteroatoms. The third kappa shape index (κ3) is 4.76. The molecule has 0 aliphatic carbocycles. The van der Waals surface area contributed by atoms with E-state index in [4.69, 9.17) is 4.74 Å². The minimum atomic E-state index is -0.812. The number of fused-ring (bicyclic) bond motifs is 2. The van der Waals surface area contributed by atoms with Gasteiger partial charge in [0, 0.05) is 11.1 Å². The van der Waals surface area contributed by atoms with Crippen LogP contribution in [-0.2, 0) is 19.1 Å². The summed E-state index contributed by atoms with van der Waals surface area (Å²) in [4.78, 5) is 39.8. The Labute approximate surface area is 188 Å². The number of ether oxygens (including phenoxy) is 1. The van der Waals surface area contributed by atoms with Crippen LogP contribution < -0.4 is 16.0 Å². The van der Waals surface area contributed by atoms with Crippen molar-refractivity contribution in [3.8, 4) is 0 Å².